The van der Waals surface area contributed by atoms with Crippen molar-refractivity contribution in [3.05, 3.63) is 34.9 Å². The van der Waals surface area contributed by atoms with E-state index >= 15 is 0 Å². The molecular weight excluding hydrogens is 254 g/mol. The molecule has 0 unspecified atom stereocenters. The van der Waals surface area contributed by atoms with Crippen LogP contribution in [0.2, 0.25) is 0 Å². The zero-order chi connectivity index (χ0) is 15.1. The predicted molar refractivity (Wildman–Crippen MR) is 78.5 cm³/mol. The number of amides is 1. The Morgan fingerprint density at radius 3 is 2.40 bits per heavy atom. The number of nitrogens with zero attached hydrogens (tertiary/aromatic N) is 1. The van der Waals surface area contributed by atoms with Crippen LogP contribution >= 0.6 is 0 Å². The summed E-state index contributed by atoms with van der Waals surface area (Å²) >= 11 is 0. The summed E-state index contributed by atoms with van der Waals surface area (Å²) in [5.74, 6) is -0.739. The molecule has 0 heterocycles. The summed E-state index contributed by atoms with van der Waals surface area (Å²) in [6.45, 7) is 4.70. The van der Waals surface area contributed by atoms with Gasteiger partial charge in [0.15, 0.2) is 0 Å². The first kappa shape index (κ1) is 16.2. The van der Waals surface area contributed by atoms with Crippen LogP contribution in [0.25, 0.3) is 0 Å². The molecule has 0 aromatic heterocycles. The van der Waals surface area contributed by atoms with E-state index in [0.29, 0.717) is 25.8 Å². The van der Waals surface area contributed by atoms with Gasteiger partial charge >= 0.3 is 5.97 Å². The van der Waals surface area contributed by atoms with Crippen LogP contribution in [0.4, 0.5) is 0 Å². The Morgan fingerprint density at radius 2 is 1.80 bits per heavy atom. The van der Waals surface area contributed by atoms with Crippen LogP contribution in [0.5, 0.6) is 0 Å². The van der Waals surface area contributed by atoms with Gasteiger partial charge in [-0.3, -0.25) is 9.59 Å². The lowest BCUT2D eigenvalue weighted by atomic mass is 10.1. The van der Waals surface area contributed by atoms with Crippen molar-refractivity contribution in [3.8, 4) is 0 Å². The highest BCUT2D eigenvalue weighted by atomic mass is 16.4. The molecule has 0 atom stereocenters. The standard InChI is InChI=1S/C16H23NO3/c1-12-8-9-14(13(2)10-12)11-17(3)15(18)6-4-5-7-16(19)20/h8-10H,4-7,11H2,1-3H3,(H,19,20). The number of carbonyl (C=O) groups is 2. The minimum absolute atomic E-state index is 0.0652. The molecule has 0 saturated carbocycles. The smallest absolute Gasteiger partial charge is 0.303 e. The quantitative estimate of drug-likeness (QED) is 0.780. The predicted octanol–water partition coefficient (Wildman–Crippen LogP) is 2.91. The maximum absolute atomic E-state index is 11.9. The van der Waals surface area contributed by atoms with E-state index in [0.717, 1.165) is 5.56 Å². The molecule has 0 saturated heterocycles. The van der Waals surface area contributed by atoms with Crippen LogP contribution in [0.3, 0.4) is 0 Å². The van der Waals surface area contributed by atoms with Crippen LogP contribution in [0, 0.1) is 13.8 Å². The average Bonchev–Trinajstić information content (AvgIpc) is 2.37. The number of aryl methyl sites for hydroxylation is 2. The Balaban J connectivity index is 2.43. The largest absolute Gasteiger partial charge is 0.481 e. The van der Waals surface area contributed by atoms with Crippen molar-refractivity contribution >= 4 is 11.9 Å². The third kappa shape index (κ3) is 5.43. The minimum atomic E-state index is -0.805. The molecule has 1 N–H and O–H groups in total. The van der Waals surface area contributed by atoms with Gasteiger partial charge in [0.25, 0.3) is 0 Å². The van der Waals surface area contributed by atoms with E-state index in [2.05, 4.69) is 12.1 Å². The number of carboxylic acids is 1. The van der Waals surface area contributed by atoms with Crippen LogP contribution in [0.1, 0.15) is 42.4 Å². The molecule has 1 rings (SSSR count). The van der Waals surface area contributed by atoms with Gasteiger partial charge in [0, 0.05) is 26.4 Å². The highest BCUT2D eigenvalue weighted by molar-refractivity contribution is 5.76. The molecule has 0 bridgehead atoms. The van der Waals surface area contributed by atoms with Gasteiger partial charge in [0.05, 0.1) is 0 Å². The van der Waals surface area contributed by atoms with Crippen LogP contribution < -0.4 is 0 Å². The summed E-state index contributed by atoms with van der Waals surface area (Å²) < 4.78 is 0. The number of rotatable bonds is 7. The number of carbonyl (C=O) groups excluding carboxylic acids is 1. The van der Waals surface area contributed by atoms with E-state index in [1.807, 2.05) is 19.9 Å². The summed E-state index contributed by atoms with van der Waals surface area (Å²) in [6.07, 6.45) is 1.73. The van der Waals surface area contributed by atoms with Crippen molar-refractivity contribution in [1.82, 2.24) is 4.90 Å². The number of carboxylic acid groups (broad SMARTS) is 1. The molecule has 1 aromatic rings. The molecule has 0 spiro atoms. The zero-order valence-electron chi connectivity index (χ0n) is 12.5. The monoisotopic (exact) mass is 277 g/mol. The maximum atomic E-state index is 11.9. The number of hydrogen-bond donors (Lipinski definition) is 1. The molecule has 4 heteroatoms. The minimum Gasteiger partial charge on any atom is -0.481 e. The normalized spacial score (nSPS) is 10.3. The first-order valence-corrected chi connectivity index (χ1v) is 6.92. The molecule has 0 aliphatic heterocycles. The van der Waals surface area contributed by atoms with Crippen molar-refractivity contribution in [3.63, 3.8) is 0 Å². The maximum Gasteiger partial charge on any atom is 0.303 e. The molecule has 20 heavy (non-hydrogen) atoms. The van der Waals surface area contributed by atoms with Gasteiger partial charge in [-0.05, 0) is 37.8 Å². The highest BCUT2D eigenvalue weighted by Gasteiger charge is 2.10. The Bertz CT molecular complexity index is 483. The molecule has 0 aliphatic carbocycles. The van der Waals surface area contributed by atoms with E-state index in [-0.39, 0.29) is 12.3 Å². The van der Waals surface area contributed by atoms with Crippen LogP contribution in [0.15, 0.2) is 18.2 Å². The van der Waals surface area contributed by atoms with Gasteiger partial charge in [-0.2, -0.15) is 0 Å². The fourth-order valence-electron chi connectivity index (χ4n) is 2.11. The molecule has 1 amide bonds. The van der Waals surface area contributed by atoms with Gasteiger partial charge in [-0.25, -0.2) is 0 Å². The zero-order valence-corrected chi connectivity index (χ0v) is 12.5. The molecule has 1 aromatic carbocycles. The van der Waals surface area contributed by atoms with Gasteiger partial charge in [-0.15, -0.1) is 0 Å². The summed E-state index contributed by atoms with van der Waals surface area (Å²) in [7, 11) is 1.79. The van der Waals surface area contributed by atoms with Gasteiger partial charge in [0.1, 0.15) is 0 Å². The molecule has 110 valence electrons. The highest BCUT2D eigenvalue weighted by Crippen LogP contribution is 2.13. The fraction of sp³-hybridized carbons (Fsp3) is 0.500. The number of aliphatic carboxylic acids is 1. The van der Waals surface area contributed by atoms with Crippen molar-refractivity contribution in [2.75, 3.05) is 7.05 Å². The first-order valence-electron chi connectivity index (χ1n) is 6.92. The number of hydrogen-bond acceptors (Lipinski definition) is 2. The topological polar surface area (TPSA) is 57.6 Å². The Kier molecular flexibility index (Phi) is 6.22. The number of benzene rings is 1. The Labute approximate surface area is 120 Å². The van der Waals surface area contributed by atoms with Crippen molar-refractivity contribution < 1.29 is 14.7 Å². The molecule has 0 aliphatic rings. The van der Waals surface area contributed by atoms with Gasteiger partial charge in [-0.1, -0.05) is 23.8 Å². The van der Waals surface area contributed by atoms with E-state index in [4.69, 9.17) is 5.11 Å². The molecular formula is C16H23NO3. The lowest BCUT2D eigenvalue weighted by molar-refractivity contribution is -0.137. The number of unbranched alkanes of at least 4 members (excludes halogenated alkanes) is 1. The lowest BCUT2D eigenvalue weighted by Crippen LogP contribution is -2.26. The van der Waals surface area contributed by atoms with E-state index in [1.165, 1.54) is 11.1 Å². The van der Waals surface area contributed by atoms with Crippen molar-refractivity contribution in [2.45, 2.75) is 46.1 Å². The summed E-state index contributed by atoms with van der Waals surface area (Å²) in [5, 5.41) is 8.54. The van der Waals surface area contributed by atoms with Crippen LogP contribution in [-0.2, 0) is 16.1 Å². The van der Waals surface area contributed by atoms with Crippen molar-refractivity contribution in [2.24, 2.45) is 0 Å². The first-order chi connectivity index (χ1) is 9.40. The second-order valence-corrected chi connectivity index (χ2v) is 5.28. The fourth-order valence-corrected chi connectivity index (χ4v) is 2.11. The third-order valence-electron chi connectivity index (χ3n) is 3.36. The van der Waals surface area contributed by atoms with Crippen molar-refractivity contribution in [1.29, 1.82) is 0 Å². The van der Waals surface area contributed by atoms with Crippen LogP contribution in [-0.4, -0.2) is 28.9 Å². The molecule has 0 radical (unpaired) electrons. The second kappa shape index (κ2) is 7.68. The van der Waals surface area contributed by atoms with E-state index in [9.17, 15) is 9.59 Å². The summed E-state index contributed by atoms with van der Waals surface area (Å²) in [5.41, 5.74) is 3.56. The van der Waals surface area contributed by atoms with E-state index in [1.54, 1.807) is 11.9 Å². The van der Waals surface area contributed by atoms with E-state index < -0.39 is 5.97 Å². The summed E-state index contributed by atoms with van der Waals surface area (Å²) in [4.78, 5) is 24.0. The van der Waals surface area contributed by atoms with Gasteiger partial charge < -0.3 is 10.0 Å². The second-order valence-electron chi connectivity index (χ2n) is 5.28. The molecule has 0 fully saturated rings. The average molecular weight is 277 g/mol. The lowest BCUT2D eigenvalue weighted by Gasteiger charge is -2.18. The summed E-state index contributed by atoms with van der Waals surface area (Å²) in [6, 6.07) is 6.22. The Morgan fingerprint density at radius 1 is 1.15 bits per heavy atom. The molecule has 4 nitrogen and oxygen atoms in total. The SMILES string of the molecule is Cc1ccc(CN(C)C(=O)CCCCC(=O)O)c(C)c1. The third-order valence-corrected chi connectivity index (χ3v) is 3.36. The Hall–Kier alpha value is -1.84. The van der Waals surface area contributed by atoms with Gasteiger partial charge in [0.2, 0.25) is 5.91 Å².